The fraction of sp³-hybridized carbons (Fsp3) is 0.100. The van der Waals surface area contributed by atoms with Gasteiger partial charge in [0, 0.05) is 33.0 Å². The van der Waals surface area contributed by atoms with Crippen molar-refractivity contribution in [2.75, 3.05) is 5.32 Å². The van der Waals surface area contributed by atoms with E-state index in [-0.39, 0.29) is 4.47 Å². The van der Waals surface area contributed by atoms with Gasteiger partial charge >= 0.3 is 6.18 Å². The number of hydrogen-bond donors (Lipinski definition) is 2. The molecule has 2 aromatic carbocycles. The van der Waals surface area contributed by atoms with Crippen LogP contribution in [0.15, 0.2) is 58.2 Å². The first-order valence-corrected chi connectivity index (χ1v) is 11.4. The Morgan fingerprint density at radius 2 is 2.00 bits per heavy atom. The number of fused-ring (bicyclic) bond motifs is 2. The van der Waals surface area contributed by atoms with Gasteiger partial charge < -0.3 is 14.6 Å². The van der Waals surface area contributed by atoms with Gasteiger partial charge in [0.1, 0.15) is 5.52 Å². The van der Waals surface area contributed by atoms with E-state index in [0.29, 0.717) is 17.0 Å². The highest BCUT2D eigenvalue weighted by Crippen LogP contribution is 2.36. The van der Waals surface area contributed by atoms with Crippen LogP contribution in [0.3, 0.4) is 0 Å². The Labute approximate surface area is 191 Å². The average molecular weight is 524 g/mol. The molecule has 0 saturated heterocycles. The van der Waals surface area contributed by atoms with Gasteiger partial charge in [0.2, 0.25) is 5.95 Å². The number of aromatic amines is 1. The minimum Gasteiger partial charge on any atom is -0.326 e. The minimum absolute atomic E-state index is 0.284. The zero-order valence-electron chi connectivity index (χ0n) is 15.6. The molecule has 0 spiro atoms. The maximum absolute atomic E-state index is 13.0. The van der Waals surface area contributed by atoms with Crippen LogP contribution >= 0.6 is 39.4 Å². The molecule has 11 heteroatoms. The van der Waals surface area contributed by atoms with Crippen molar-refractivity contribution in [3.63, 3.8) is 0 Å². The van der Waals surface area contributed by atoms with E-state index in [9.17, 15) is 13.2 Å². The number of imidazole rings is 1. The first kappa shape index (κ1) is 20.4. The van der Waals surface area contributed by atoms with Crippen LogP contribution in [-0.2, 0) is 12.7 Å². The van der Waals surface area contributed by atoms with Crippen molar-refractivity contribution in [1.82, 2.24) is 18.6 Å². The van der Waals surface area contributed by atoms with Crippen LogP contribution < -0.4 is 5.32 Å². The summed E-state index contributed by atoms with van der Waals surface area (Å²) >= 11 is 6.28. The van der Waals surface area contributed by atoms with Crippen molar-refractivity contribution in [1.29, 1.82) is 0 Å². The Morgan fingerprint density at radius 1 is 1.19 bits per heavy atom. The number of alkyl halides is 3. The standard InChI is InChI=1S/C20H13BrF3N5S2/c21-15-7-12(20(22,23)24)8-16-18(15)28-19(27-16)26-13-1-3-14(4-2-13)31-29-6-5-17-11(10-29)9-25-30-17/h1-9H,10H2,(H2,26,27,28). The third-order valence-corrected chi connectivity index (χ3v) is 6.98. The monoisotopic (exact) mass is 523 g/mol. The third-order valence-electron chi connectivity index (χ3n) is 4.60. The molecule has 5 rings (SSSR count). The van der Waals surface area contributed by atoms with Crippen LogP contribution in [0.25, 0.3) is 17.1 Å². The zero-order valence-corrected chi connectivity index (χ0v) is 18.8. The maximum Gasteiger partial charge on any atom is 0.416 e. The van der Waals surface area contributed by atoms with Gasteiger partial charge in [-0.3, -0.25) is 0 Å². The molecule has 0 unspecified atom stereocenters. The van der Waals surface area contributed by atoms with Gasteiger partial charge in [0.05, 0.1) is 22.5 Å². The molecule has 0 radical (unpaired) electrons. The summed E-state index contributed by atoms with van der Waals surface area (Å²) in [4.78, 5) is 9.51. The van der Waals surface area contributed by atoms with Crippen LogP contribution in [0.5, 0.6) is 0 Å². The lowest BCUT2D eigenvalue weighted by Gasteiger charge is -2.21. The van der Waals surface area contributed by atoms with Gasteiger partial charge in [0.25, 0.3) is 0 Å². The van der Waals surface area contributed by atoms with Crippen molar-refractivity contribution >= 4 is 68.2 Å². The Bertz CT molecular complexity index is 1280. The molecule has 4 aromatic rings. The van der Waals surface area contributed by atoms with Gasteiger partial charge in [-0.05, 0) is 81.9 Å². The lowest BCUT2D eigenvalue weighted by Crippen LogP contribution is -2.10. The molecule has 31 heavy (non-hydrogen) atoms. The van der Waals surface area contributed by atoms with E-state index in [1.165, 1.54) is 22.0 Å². The summed E-state index contributed by atoms with van der Waals surface area (Å²) in [6.45, 7) is 0.792. The van der Waals surface area contributed by atoms with E-state index in [0.717, 1.165) is 29.3 Å². The molecule has 2 N–H and O–H groups in total. The number of hydrogen-bond acceptors (Lipinski definition) is 6. The molecular formula is C20H13BrF3N5S2. The summed E-state index contributed by atoms with van der Waals surface area (Å²) < 4.78 is 45.7. The predicted octanol–water partition coefficient (Wildman–Crippen LogP) is 7.04. The van der Waals surface area contributed by atoms with Crippen molar-refractivity contribution < 1.29 is 13.2 Å². The van der Waals surface area contributed by atoms with Crippen molar-refractivity contribution in [2.45, 2.75) is 17.6 Å². The van der Waals surface area contributed by atoms with Crippen LogP contribution in [-0.4, -0.2) is 18.6 Å². The summed E-state index contributed by atoms with van der Waals surface area (Å²) in [5.74, 6) is 0.367. The molecule has 0 aliphatic carbocycles. The fourth-order valence-corrected chi connectivity index (χ4v) is 5.18. The average Bonchev–Trinajstić information content (AvgIpc) is 3.35. The Balaban J connectivity index is 1.29. The van der Waals surface area contributed by atoms with E-state index < -0.39 is 11.7 Å². The molecular weight excluding hydrogens is 511 g/mol. The number of halogens is 4. The smallest absolute Gasteiger partial charge is 0.326 e. The highest BCUT2D eigenvalue weighted by atomic mass is 79.9. The maximum atomic E-state index is 13.0. The van der Waals surface area contributed by atoms with Crippen LogP contribution in [0.2, 0.25) is 0 Å². The first-order valence-electron chi connectivity index (χ1n) is 9.05. The number of aromatic nitrogens is 3. The minimum atomic E-state index is -4.42. The molecule has 0 bridgehead atoms. The second-order valence-corrected chi connectivity index (χ2v) is 9.59. The number of nitrogens with one attached hydrogen (secondary N) is 2. The predicted molar refractivity (Wildman–Crippen MR) is 121 cm³/mol. The molecule has 0 saturated carbocycles. The van der Waals surface area contributed by atoms with Gasteiger partial charge in [0.15, 0.2) is 0 Å². The lowest BCUT2D eigenvalue weighted by atomic mass is 10.2. The summed E-state index contributed by atoms with van der Waals surface area (Å²) in [5.41, 5.74) is 1.98. The van der Waals surface area contributed by atoms with Gasteiger partial charge in [-0.15, -0.1) is 0 Å². The lowest BCUT2D eigenvalue weighted by molar-refractivity contribution is -0.137. The number of nitrogens with zero attached hydrogens (tertiary/aromatic N) is 3. The number of anilines is 2. The summed E-state index contributed by atoms with van der Waals surface area (Å²) in [5, 5.41) is 3.11. The molecule has 2 aromatic heterocycles. The molecule has 0 fully saturated rings. The molecule has 5 nitrogen and oxygen atoms in total. The number of rotatable bonds is 4. The Hall–Kier alpha value is -2.50. The second kappa shape index (κ2) is 7.88. The van der Waals surface area contributed by atoms with E-state index in [2.05, 4.69) is 46.0 Å². The van der Waals surface area contributed by atoms with E-state index in [1.54, 1.807) is 11.9 Å². The quantitative estimate of drug-likeness (QED) is 0.281. The first-order chi connectivity index (χ1) is 14.8. The van der Waals surface area contributed by atoms with Crippen LogP contribution in [0, 0.1) is 0 Å². The van der Waals surface area contributed by atoms with Crippen molar-refractivity contribution in [3.8, 4) is 0 Å². The Morgan fingerprint density at radius 3 is 2.77 bits per heavy atom. The largest absolute Gasteiger partial charge is 0.416 e. The van der Waals surface area contributed by atoms with Gasteiger partial charge in [-0.25, -0.2) is 9.36 Å². The van der Waals surface area contributed by atoms with Gasteiger partial charge in [-0.1, -0.05) is 0 Å². The summed E-state index contributed by atoms with van der Waals surface area (Å²) in [6, 6.07) is 9.83. The SMILES string of the molecule is FC(F)(F)c1cc(Br)c2nc(Nc3ccc(SN4C=Cc5sncc5C4)cc3)[nH]c2c1. The molecule has 158 valence electrons. The highest BCUT2D eigenvalue weighted by Gasteiger charge is 2.31. The molecule has 0 amide bonds. The van der Waals surface area contributed by atoms with E-state index in [4.69, 9.17) is 0 Å². The Kier molecular flexibility index (Phi) is 5.19. The normalized spacial score (nSPS) is 13.6. The van der Waals surface area contributed by atoms with Crippen molar-refractivity contribution in [3.05, 3.63) is 69.3 Å². The second-order valence-electron chi connectivity index (χ2n) is 6.78. The number of benzene rings is 2. The van der Waals surface area contributed by atoms with E-state index in [1.807, 2.05) is 36.7 Å². The molecule has 1 aliphatic heterocycles. The fourth-order valence-electron chi connectivity index (χ4n) is 3.13. The molecule has 1 aliphatic rings. The highest BCUT2D eigenvalue weighted by molar-refractivity contribution is 9.10. The molecule has 0 atom stereocenters. The molecule has 3 heterocycles. The van der Waals surface area contributed by atoms with Crippen LogP contribution in [0.1, 0.15) is 16.0 Å². The summed E-state index contributed by atoms with van der Waals surface area (Å²) in [7, 11) is 0. The van der Waals surface area contributed by atoms with E-state index >= 15 is 0 Å². The number of H-pyrrole nitrogens is 1. The van der Waals surface area contributed by atoms with Crippen molar-refractivity contribution in [2.24, 2.45) is 0 Å². The van der Waals surface area contributed by atoms with Gasteiger partial charge in [-0.2, -0.15) is 13.2 Å². The zero-order chi connectivity index (χ0) is 21.6. The third kappa shape index (κ3) is 4.30. The topological polar surface area (TPSA) is 56.8 Å². The summed E-state index contributed by atoms with van der Waals surface area (Å²) in [6.07, 6.45) is 1.57. The van der Waals surface area contributed by atoms with Crippen LogP contribution in [0.4, 0.5) is 24.8 Å².